The Hall–Kier alpha value is -1.26. The van der Waals surface area contributed by atoms with Gasteiger partial charge in [-0.15, -0.1) is 0 Å². The Balaban J connectivity index is 1.58. The van der Waals surface area contributed by atoms with Gasteiger partial charge in [-0.2, -0.15) is 0 Å². The Labute approximate surface area is 112 Å². The molecule has 0 aromatic heterocycles. The van der Waals surface area contributed by atoms with E-state index in [1.54, 1.807) is 24.3 Å². The van der Waals surface area contributed by atoms with Gasteiger partial charge in [0.05, 0.1) is 0 Å². The third-order valence-electron chi connectivity index (χ3n) is 2.62. The summed E-state index contributed by atoms with van der Waals surface area (Å²) in [5, 5.41) is 6.71. The predicted octanol–water partition coefficient (Wildman–Crippen LogP) is 1.59. The van der Waals surface area contributed by atoms with Crippen LogP contribution in [0.4, 0.5) is 0 Å². The third-order valence-corrected chi connectivity index (χ3v) is 2.86. The van der Waals surface area contributed by atoms with E-state index in [0.717, 1.165) is 6.54 Å². The lowest BCUT2D eigenvalue weighted by atomic mass is 10.3. The smallest absolute Gasteiger partial charge is 0.257 e. The van der Waals surface area contributed by atoms with Crippen LogP contribution in [0, 0.1) is 0 Å². The number of halogens is 1. The van der Waals surface area contributed by atoms with Gasteiger partial charge in [0.2, 0.25) is 0 Å². The molecule has 98 valence electrons. The Morgan fingerprint density at radius 1 is 1.39 bits per heavy atom. The second-order valence-electron chi connectivity index (χ2n) is 4.32. The van der Waals surface area contributed by atoms with Crippen LogP contribution in [0.5, 0.6) is 5.75 Å². The zero-order chi connectivity index (χ0) is 12.8. The number of carbonyl (C=O) groups is 1. The fraction of sp³-hybridized carbons (Fsp3) is 0.462. The zero-order valence-corrected chi connectivity index (χ0v) is 10.9. The summed E-state index contributed by atoms with van der Waals surface area (Å²) in [5.74, 6) is 0.487. The minimum atomic E-state index is -0.118. The van der Waals surface area contributed by atoms with E-state index in [0.29, 0.717) is 23.4 Å². The van der Waals surface area contributed by atoms with Crippen LogP contribution in [-0.4, -0.2) is 31.6 Å². The summed E-state index contributed by atoms with van der Waals surface area (Å²) in [5.41, 5.74) is 0. The molecule has 0 radical (unpaired) electrons. The van der Waals surface area contributed by atoms with Crippen LogP contribution in [0.25, 0.3) is 0 Å². The topological polar surface area (TPSA) is 50.4 Å². The van der Waals surface area contributed by atoms with Crippen LogP contribution in [0.15, 0.2) is 24.3 Å². The average Bonchev–Trinajstić information content (AvgIpc) is 3.16. The lowest BCUT2D eigenvalue weighted by Gasteiger charge is -2.08. The SMILES string of the molecule is O=C(COc1cccc(Cl)c1)NCCNC1CC1. The van der Waals surface area contributed by atoms with Crippen LogP contribution >= 0.6 is 11.6 Å². The van der Waals surface area contributed by atoms with E-state index in [2.05, 4.69) is 10.6 Å². The van der Waals surface area contributed by atoms with Gasteiger partial charge < -0.3 is 15.4 Å². The number of hydrogen-bond donors (Lipinski definition) is 2. The Morgan fingerprint density at radius 3 is 2.94 bits per heavy atom. The summed E-state index contributed by atoms with van der Waals surface area (Å²) in [6, 6.07) is 7.68. The van der Waals surface area contributed by atoms with Gasteiger partial charge in [-0.1, -0.05) is 17.7 Å². The molecule has 0 bridgehead atoms. The van der Waals surface area contributed by atoms with E-state index < -0.39 is 0 Å². The highest BCUT2D eigenvalue weighted by molar-refractivity contribution is 6.30. The van der Waals surface area contributed by atoms with Crippen molar-refractivity contribution in [3.05, 3.63) is 29.3 Å². The van der Waals surface area contributed by atoms with Crippen molar-refractivity contribution in [3.8, 4) is 5.75 Å². The van der Waals surface area contributed by atoms with Crippen molar-refractivity contribution >= 4 is 17.5 Å². The molecule has 4 nitrogen and oxygen atoms in total. The molecule has 1 aliphatic carbocycles. The van der Waals surface area contributed by atoms with Crippen molar-refractivity contribution in [2.75, 3.05) is 19.7 Å². The van der Waals surface area contributed by atoms with Crippen LogP contribution in [0.1, 0.15) is 12.8 Å². The molecule has 18 heavy (non-hydrogen) atoms. The van der Waals surface area contributed by atoms with Gasteiger partial charge in [0.1, 0.15) is 5.75 Å². The predicted molar refractivity (Wildman–Crippen MR) is 71.0 cm³/mol. The van der Waals surface area contributed by atoms with Crippen molar-refractivity contribution in [1.82, 2.24) is 10.6 Å². The second kappa shape index (κ2) is 6.61. The van der Waals surface area contributed by atoms with E-state index in [4.69, 9.17) is 16.3 Å². The van der Waals surface area contributed by atoms with Crippen molar-refractivity contribution in [3.63, 3.8) is 0 Å². The molecule has 0 heterocycles. The van der Waals surface area contributed by atoms with Gasteiger partial charge in [-0.3, -0.25) is 4.79 Å². The van der Waals surface area contributed by atoms with Gasteiger partial charge >= 0.3 is 0 Å². The maximum atomic E-state index is 11.5. The first-order valence-corrected chi connectivity index (χ1v) is 6.50. The van der Waals surface area contributed by atoms with E-state index >= 15 is 0 Å². The number of hydrogen-bond acceptors (Lipinski definition) is 3. The molecule has 1 aromatic carbocycles. The van der Waals surface area contributed by atoms with Crippen LogP contribution < -0.4 is 15.4 Å². The zero-order valence-electron chi connectivity index (χ0n) is 10.1. The summed E-state index contributed by atoms with van der Waals surface area (Å²) in [6.45, 7) is 1.46. The molecule has 5 heteroatoms. The summed E-state index contributed by atoms with van der Waals surface area (Å²) in [4.78, 5) is 11.5. The quantitative estimate of drug-likeness (QED) is 0.739. The molecule has 1 fully saturated rings. The lowest BCUT2D eigenvalue weighted by Crippen LogP contribution is -2.35. The fourth-order valence-corrected chi connectivity index (χ4v) is 1.70. The maximum Gasteiger partial charge on any atom is 0.257 e. The third kappa shape index (κ3) is 4.94. The van der Waals surface area contributed by atoms with Gasteiger partial charge in [-0.05, 0) is 31.0 Å². The molecule has 0 atom stereocenters. The molecule has 0 saturated heterocycles. The molecular weight excluding hydrogens is 252 g/mol. The summed E-state index contributed by atoms with van der Waals surface area (Å²) < 4.78 is 5.32. The Morgan fingerprint density at radius 2 is 2.22 bits per heavy atom. The lowest BCUT2D eigenvalue weighted by molar-refractivity contribution is -0.123. The van der Waals surface area contributed by atoms with E-state index in [9.17, 15) is 4.79 Å². The number of ether oxygens (including phenoxy) is 1. The maximum absolute atomic E-state index is 11.5. The molecule has 1 aliphatic rings. The molecule has 0 spiro atoms. The number of amides is 1. The Kier molecular flexibility index (Phi) is 4.84. The largest absolute Gasteiger partial charge is 0.484 e. The number of benzene rings is 1. The normalized spacial score (nSPS) is 14.3. The molecule has 0 unspecified atom stereocenters. The van der Waals surface area contributed by atoms with Crippen molar-refractivity contribution < 1.29 is 9.53 Å². The Bertz CT molecular complexity index is 408. The molecule has 1 saturated carbocycles. The van der Waals surface area contributed by atoms with Gasteiger partial charge in [0.25, 0.3) is 5.91 Å². The second-order valence-corrected chi connectivity index (χ2v) is 4.76. The standard InChI is InChI=1S/C13H17ClN2O2/c14-10-2-1-3-12(8-10)18-9-13(17)16-7-6-15-11-4-5-11/h1-3,8,11,15H,4-7,9H2,(H,16,17). The molecule has 2 N–H and O–H groups in total. The highest BCUT2D eigenvalue weighted by atomic mass is 35.5. The first kappa shape index (κ1) is 13.2. The highest BCUT2D eigenvalue weighted by Crippen LogP contribution is 2.18. The van der Waals surface area contributed by atoms with Gasteiger partial charge in [-0.25, -0.2) is 0 Å². The minimum Gasteiger partial charge on any atom is -0.484 e. The minimum absolute atomic E-state index is 0.0176. The highest BCUT2D eigenvalue weighted by Gasteiger charge is 2.19. The molecule has 1 aromatic rings. The van der Waals surface area contributed by atoms with Crippen LogP contribution in [0.3, 0.4) is 0 Å². The number of nitrogens with one attached hydrogen (secondary N) is 2. The van der Waals surface area contributed by atoms with E-state index in [1.807, 2.05) is 0 Å². The van der Waals surface area contributed by atoms with Gasteiger partial charge in [0.15, 0.2) is 6.61 Å². The first-order chi connectivity index (χ1) is 8.74. The molecular formula is C13H17ClN2O2. The van der Waals surface area contributed by atoms with E-state index in [-0.39, 0.29) is 12.5 Å². The average molecular weight is 269 g/mol. The number of carbonyl (C=O) groups excluding carboxylic acids is 1. The molecule has 2 rings (SSSR count). The van der Waals surface area contributed by atoms with Crippen molar-refractivity contribution in [2.45, 2.75) is 18.9 Å². The molecule has 0 aliphatic heterocycles. The van der Waals surface area contributed by atoms with Crippen LogP contribution in [0.2, 0.25) is 5.02 Å². The first-order valence-electron chi connectivity index (χ1n) is 6.12. The monoisotopic (exact) mass is 268 g/mol. The summed E-state index contributed by atoms with van der Waals surface area (Å²) in [7, 11) is 0. The van der Waals surface area contributed by atoms with Crippen molar-refractivity contribution in [1.29, 1.82) is 0 Å². The fourth-order valence-electron chi connectivity index (χ4n) is 1.52. The van der Waals surface area contributed by atoms with Gasteiger partial charge in [0, 0.05) is 24.2 Å². The van der Waals surface area contributed by atoms with Crippen molar-refractivity contribution in [2.24, 2.45) is 0 Å². The van der Waals surface area contributed by atoms with Crippen LogP contribution in [-0.2, 0) is 4.79 Å². The van der Waals surface area contributed by atoms with E-state index in [1.165, 1.54) is 12.8 Å². The summed E-state index contributed by atoms with van der Waals surface area (Å²) in [6.07, 6.45) is 2.51. The molecule has 1 amide bonds. The summed E-state index contributed by atoms with van der Waals surface area (Å²) >= 11 is 5.81. The number of rotatable bonds is 7.